The Labute approximate surface area is 227 Å². The molecule has 7 atom stereocenters. The summed E-state index contributed by atoms with van der Waals surface area (Å²) in [4.78, 5) is 0. The predicted octanol–water partition coefficient (Wildman–Crippen LogP) is 6.87. The molecule has 3 fully saturated rings. The normalized spacial score (nSPS) is 35.8. The molecular formula is C33H56O4. The molecule has 3 aliphatic rings. The van der Waals surface area contributed by atoms with E-state index in [-0.39, 0.29) is 12.5 Å². The minimum absolute atomic E-state index is 0.141. The zero-order valence-corrected chi connectivity index (χ0v) is 24.2. The predicted molar refractivity (Wildman–Crippen MR) is 153 cm³/mol. The molecule has 4 N–H and O–H groups in total. The molecule has 3 rings (SSSR count). The standard InChI is InChI=1S/C33H56O4/c1-23(12-10-19-32(3,4)37)28-17-18-29-25(13-11-20-33(28,29)5)15-16-26-22-30(35)27(31(36)24(26)2)14-8-6-7-9-21-34/h15-16,23,27-31,34-37H,2,6-14,17-22H2,1,3-5H3/b25-15+,26-16+/t23-,27-,28-,29+,30-,31-,33-/m1/s1. The minimum atomic E-state index is -0.677. The first-order chi connectivity index (χ1) is 17.5. The van der Waals surface area contributed by atoms with Gasteiger partial charge in [-0.1, -0.05) is 70.3 Å². The zero-order valence-electron chi connectivity index (χ0n) is 24.2. The van der Waals surface area contributed by atoms with Crippen LogP contribution in [-0.2, 0) is 0 Å². The Hall–Kier alpha value is -0.940. The lowest BCUT2D eigenvalue weighted by Gasteiger charge is -2.44. The van der Waals surface area contributed by atoms with Crippen molar-refractivity contribution in [2.24, 2.45) is 29.1 Å². The molecule has 0 unspecified atom stereocenters. The van der Waals surface area contributed by atoms with Gasteiger partial charge >= 0.3 is 0 Å². The lowest BCUT2D eigenvalue weighted by atomic mass is 9.60. The molecule has 0 radical (unpaired) electrons. The van der Waals surface area contributed by atoms with Gasteiger partial charge in [-0.15, -0.1) is 0 Å². The molecule has 0 aromatic heterocycles. The number of allylic oxidation sites excluding steroid dienone is 3. The smallest absolute Gasteiger partial charge is 0.0839 e. The summed E-state index contributed by atoms with van der Waals surface area (Å²) in [5.41, 5.74) is 3.12. The van der Waals surface area contributed by atoms with Gasteiger partial charge in [-0.25, -0.2) is 0 Å². The fraction of sp³-hybridized carbons (Fsp3) is 0.818. The number of rotatable bonds is 12. The summed E-state index contributed by atoms with van der Waals surface area (Å²) >= 11 is 0. The monoisotopic (exact) mass is 516 g/mol. The van der Waals surface area contributed by atoms with Crippen molar-refractivity contribution < 1.29 is 20.4 Å². The molecule has 3 saturated carbocycles. The van der Waals surface area contributed by atoms with Crippen molar-refractivity contribution in [1.82, 2.24) is 0 Å². The fourth-order valence-electron chi connectivity index (χ4n) is 8.02. The van der Waals surface area contributed by atoms with Crippen LogP contribution in [-0.4, -0.2) is 44.8 Å². The second kappa shape index (κ2) is 13.4. The fourth-order valence-corrected chi connectivity index (χ4v) is 8.02. The van der Waals surface area contributed by atoms with Gasteiger partial charge in [0, 0.05) is 12.5 Å². The van der Waals surface area contributed by atoms with Crippen LogP contribution >= 0.6 is 0 Å². The van der Waals surface area contributed by atoms with E-state index >= 15 is 0 Å². The van der Waals surface area contributed by atoms with Gasteiger partial charge in [-0.2, -0.15) is 0 Å². The van der Waals surface area contributed by atoms with Gasteiger partial charge in [0.15, 0.2) is 0 Å². The van der Waals surface area contributed by atoms with Gasteiger partial charge in [-0.05, 0) is 106 Å². The highest BCUT2D eigenvalue weighted by Crippen LogP contribution is 2.60. The van der Waals surface area contributed by atoms with Crippen LogP contribution in [0, 0.1) is 29.1 Å². The van der Waals surface area contributed by atoms with Crippen molar-refractivity contribution in [3.05, 3.63) is 35.5 Å². The molecule has 0 bridgehead atoms. The number of aliphatic hydroxyl groups is 4. The largest absolute Gasteiger partial charge is 0.396 e. The van der Waals surface area contributed by atoms with Crippen molar-refractivity contribution in [1.29, 1.82) is 0 Å². The Kier molecular flexibility index (Phi) is 11.1. The van der Waals surface area contributed by atoms with E-state index in [1.54, 1.807) is 5.57 Å². The summed E-state index contributed by atoms with van der Waals surface area (Å²) < 4.78 is 0. The van der Waals surface area contributed by atoms with E-state index < -0.39 is 17.8 Å². The third-order valence-electron chi connectivity index (χ3n) is 10.2. The highest BCUT2D eigenvalue weighted by atomic mass is 16.3. The Bertz CT molecular complexity index is 806. The number of aliphatic hydroxyl groups excluding tert-OH is 3. The second-order valence-corrected chi connectivity index (χ2v) is 13.5. The first kappa shape index (κ1) is 30.6. The zero-order chi connectivity index (χ0) is 27.2. The average molecular weight is 517 g/mol. The van der Waals surface area contributed by atoms with Crippen LogP contribution in [0.4, 0.5) is 0 Å². The van der Waals surface area contributed by atoms with Gasteiger partial charge in [0.05, 0.1) is 17.8 Å². The van der Waals surface area contributed by atoms with E-state index in [0.29, 0.717) is 23.7 Å². The molecule has 212 valence electrons. The van der Waals surface area contributed by atoms with Crippen molar-refractivity contribution in [2.45, 2.75) is 135 Å². The Morgan fingerprint density at radius 1 is 1.08 bits per heavy atom. The molecule has 0 aromatic carbocycles. The molecule has 4 heteroatoms. The van der Waals surface area contributed by atoms with Gasteiger partial charge in [0.1, 0.15) is 0 Å². The van der Waals surface area contributed by atoms with Crippen molar-refractivity contribution in [2.75, 3.05) is 6.61 Å². The Morgan fingerprint density at radius 2 is 1.81 bits per heavy atom. The van der Waals surface area contributed by atoms with Crippen molar-refractivity contribution in [3.8, 4) is 0 Å². The molecular weight excluding hydrogens is 460 g/mol. The van der Waals surface area contributed by atoms with Gasteiger partial charge in [-0.3, -0.25) is 0 Å². The maximum atomic E-state index is 10.9. The van der Waals surface area contributed by atoms with E-state index in [2.05, 4.69) is 32.6 Å². The molecule has 37 heavy (non-hydrogen) atoms. The van der Waals surface area contributed by atoms with Crippen LogP contribution in [0.3, 0.4) is 0 Å². The lowest BCUT2D eigenvalue weighted by Crippen LogP contribution is -2.38. The summed E-state index contributed by atoms with van der Waals surface area (Å²) in [6, 6.07) is 0. The number of hydrogen-bond donors (Lipinski definition) is 4. The molecule has 3 aliphatic carbocycles. The molecule has 4 nitrogen and oxygen atoms in total. The lowest BCUT2D eigenvalue weighted by molar-refractivity contribution is 0.0128. The summed E-state index contributed by atoms with van der Waals surface area (Å²) in [6.07, 6.45) is 17.9. The van der Waals surface area contributed by atoms with Crippen molar-refractivity contribution >= 4 is 0 Å². The Balaban J connectivity index is 1.63. The number of fused-ring (bicyclic) bond motifs is 1. The van der Waals surface area contributed by atoms with E-state index in [1.165, 1.54) is 32.1 Å². The maximum Gasteiger partial charge on any atom is 0.0839 e. The maximum absolute atomic E-state index is 10.9. The SMILES string of the molecule is C=C1/C(=C/C=C2\CCC[C@]3(C)[C@@H]([C@H](C)CCCC(C)(C)O)CC[C@@H]23)C[C@@H](O)[C@@H](CCCCCCO)[C@@H]1O. The highest BCUT2D eigenvalue weighted by molar-refractivity contribution is 5.39. The molecule has 0 amide bonds. The average Bonchev–Trinajstić information content (AvgIpc) is 3.19. The van der Waals surface area contributed by atoms with E-state index in [1.807, 2.05) is 13.8 Å². The summed E-state index contributed by atoms with van der Waals surface area (Å²) in [5.74, 6) is 1.90. The topological polar surface area (TPSA) is 80.9 Å². The van der Waals surface area contributed by atoms with Crippen LogP contribution in [0.1, 0.15) is 118 Å². The molecule has 0 aliphatic heterocycles. The third kappa shape index (κ3) is 7.81. The summed E-state index contributed by atoms with van der Waals surface area (Å²) in [7, 11) is 0. The first-order valence-electron chi connectivity index (χ1n) is 15.3. The van der Waals surface area contributed by atoms with Gasteiger partial charge < -0.3 is 20.4 Å². The number of unbranched alkanes of at least 4 members (excludes halogenated alkanes) is 3. The summed E-state index contributed by atoms with van der Waals surface area (Å²) in [5, 5.41) is 40.9. The van der Waals surface area contributed by atoms with Gasteiger partial charge in [0.25, 0.3) is 0 Å². The van der Waals surface area contributed by atoms with Crippen LogP contribution in [0.5, 0.6) is 0 Å². The third-order valence-corrected chi connectivity index (χ3v) is 10.2. The molecule has 0 spiro atoms. The quantitative estimate of drug-likeness (QED) is 0.213. The second-order valence-electron chi connectivity index (χ2n) is 13.5. The van der Waals surface area contributed by atoms with E-state index in [4.69, 9.17) is 5.11 Å². The van der Waals surface area contributed by atoms with Crippen LogP contribution in [0.2, 0.25) is 0 Å². The van der Waals surface area contributed by atoms with Crippen LogP contribution < -0.4 is 0 Å². The summed E-state index contributed by atoms with van der Waals surface area (Å²) in [6.45, 7) is 13.3. The van der Waals surface area contributed by atoms with Crippen LogP contribution in [0.25, 0.3) is 0 Å². The first-order valence-corrected chi connectivity index (χ1v) is 15.3. The van der Waals surface area contributed by atoms with E-state index in [0.717, 1.165) is 68.4 Å². The Morgan fingerprint density at radius 3 is 2.51 bits per heavy atom. The van der Waals surface area contributed by atoms with Crippen molar-refractivity contribution in [3.63, 3.8) is 0 Å². The van der Waals surface area contributed by atoms with Crippen LogP contribution in [0.15, 0.2) is 35.5 Å². The van der Waals surface area contributed by atoms with E-state index in [9.17, 15) is 15.3 Å². The number of hydrogen-bond acceptors (Lipinski definition) is 4. The molecule has 0 aromatic rings. The highest BCUT2D eigenvalue weighted by Gasteiger charge is 2.50. The molecule has 0 saturated heterocycles. The minimum Gasteiger partial charge on any atom is -0.396 e. The molecule has 0 heterocycles. The van der Waals surface area contributed by atoms with Gasteiger partial charge in [0.2, 0.25) is 0 Å².